The van der Waals surface area contributed by atoms with Gasteiger partial charge in [-0.25, -0.2) is 9.18 Å². The number of rotatable bonds is 4. The van der Waals surface area contributed by atoms with Gasteiger partial charge in [0.1, 0.15) is 12.4 Å². The lowest BCUT2D eigenvalue weighted by Crippen LogP contribution is -2.44. The summed E-state index contributed by atoms with van der Waals surface area (Å²) in [5.41, 5.74) is -0.565. The Balaban J connectivity index is 1.86. The van der Waals surface area contributed by atoms with Crippen molar-refractivity contribution in [1.82, 2.24) is 14.5 Å². The molecule has 8 nitrogen and oxygen atoms in total. The Morgan fingerprint density at radius 3 is 2.75 bits per heavy atom. The van der Waals surface area contributed by atoms with E-state index in [0.29, 0.717) is 30.0 Å². The van der Waals surface area contributed by atoms with E-state index in [9.17, 15) is 23.9 Å². The molecule has 32 heavy (non-hydrogen) atoms. The number of ether oxygens (including phenoxy) is 1. The van der Waals surface area contributed by atoms with Gasteiger partial charge in [-0.05, 0) is 37.7 Å². The minimum absolute atomic E-state index is 0.0178. The molecule has 0 fully saturated rings. The van der Waals surface area contributed by atoms with Crippen LogP contribution in [0.15, 0.2) is 33.9 Å². The van der Waals surface area contributed by atoms with Crippen molar-refractivity contribution in [3.63, 3.8) is 0 Å². The Kier molecular flexibility index (Phi) is 4.58. The summed E-state index contributed by atoms with van der Waals surface area (Å²) in [6.07, 6.45) is 0.0178. The molecule has 0 bridgehead atoms. The van der Waals surface area contributed by atoms with Crippen molar-refractivity contribution in [3.05, 3.63) is 67.5 Å². The number of halogens is 1. The van der Waals surface area contributed by atoms with Crippen LogP contribution in [0.1, 0.15) is 30.2 Å². The second kappa shape index (κ2) is 7.11. The number of fused-ring (bicyclic) bond motifs is 5. The first-order valence-electron chi connectivity index (χ1n) is 10.5. The molecule has 0 saturated heterocycles. The minimum atomic E-state index is -1.96. The van der Waals surface area contributed by atoms with E-state index in [1.54, 1.807) is 26.1 Å². The topological polar surface area (TPSA) is 103 Å². The quantitative estimate of drug-likeness (QED) is 0.464. The van der Waals surface area contributed by atoms with E-state index in [1.807, 2.05) is 4.57 Å². The number of benzene rings is 1. The van der Waals surface area contributed by atoms with Crippen LogP contribution in [0.5, 0.6) is 0 Å². The van der Waals surface area contributed by atoms with Crippen molar-refractivity contribution in [2.75, 3.05) is 13.6 Å². The van der Waals surface area contributed by atoms with E-state index in [4.69, 9.17) is 4.74 Å². The average Bonchev–Trinajstić information content (AvgIpc) is 3.17. The molecule has 0 unspecified atom stereocenters. The molecule has 0 spiro atoms. The van der Waals surface area contributed by atoms with Gasteiger partial charge in [-0.15, -0.1) is 0 Å². The number of nitrogens with zero attached hydrogens (tertiary/aromatic N) is 2. The molecule has 3 aromatic rings. The number of carbonyl (C=O) groups excluding carboxylic acids is 1. The van der Waals surface area contributed by atoms with E-state index >= 15 is 0 Å². The number of carbonyl (C=O) groups is 1. The number of aromatic nitrogens is 2. The average molecular weight is 439 g/mol. The van der Waals surface area contributed by atoms with Crippen LogP contribution in [0.25, 0.3) is 22.2 Å². The Labute approximate surface area is 181 Å². The zero-order valence-electron chi connectivity index (χ0n) is 17.7. The van der Waals surface area contributed by atoms with Crippen LogP contribution >= 0.6 is 0 Å². The molecule has 0 radical (unpaired) electrons. The molecule has 0 amide bonds. The highest BCUT2D eigenvalue weighted by atomic mass is 19.1. The maximum absolute atomic E-state index is 14.0. The summed E-state index contributed by atoms with van der Waals surface area (Å²) in [7, 11) is 1.81. The van der Waals surface area contributed by atoms with Crippen LogP contribution in [0, 0.1) is 5.82 Å². The molecular formula is C23H22FN3O5. The van der Waals surface area contributed by atoms with Gasteiger partial charge in [0.15, 0.2) is 11.0 Å². The number of aliphatic hydroxyl groups is 1. The molecule has 166 valence electrons. The van der Waals surface area contributed by atoms with E-state index in [0.717, 1.165) is 0 Å². The second-order valence-electron chi connectivity index (χ2n) is 8.17. The van der Waals surface area contributed by atoms with Crippen LogP contribution < -0.4 is 16.3 Å². The third-order valence-electron chi connectivity index (χ3n) is 6.53. The highest BCUT2D eigenvalue weighted by Crippen LogP contribution is 2.38. The Hall–Kier alpha value is -3.30. The highest BCUT2D eigenvalue weighted by Gasteiger charge is 2.45. The molecular weight excluding hydrogens is 417 g/mol. The number of pyridine rings is 2. The largest absolute Gasteiger partial charge is 0.458 e. The number of hydrogen-bond donors (Lipinski definition) is 2. The van der Waals surface area contributed by atoms with Crippen molar-refractivity contribution in [3.8, 4) is 11.3 Å². The summed E-state index contributed by atoms with van der Waals surface area (Å²) in [4.78, 5) is 39.1. The zero-order valence-corrected chi connectivity index (χ0v) is 17.7. The Morgan fingerprint density at radius 2 is 2.03 bits per heavy atom. The van der Waals surface area contributed by atoms with Gasteiger partial charge in [-0.3, -0.25) is 9.59 Å². The van der Waals surface area contributed by atoms with Crippen molar-refractivity contribution < 1.29 is 19.0 Å². The Morgan fingerprint density at radius 1 is 1.25 bits per heavy atom. The maximum Gasteiger partial charge on any atom is 0.343 e. The Bertz CT molecular complexity index is 1420. The first-order chi connectivity index (χ1) is 15.3. The van der Waals surface area contributed by atoms with Gasteiger partial charge in [0.05, 0.1) is 34.6 Å². The van der Waals surface area contributed by atoms with Gasteiger partial charge in [-0.2, -0.15) is 0 Å². The van der Waals surface area contributed by atoms with Crippen molar-refractivity contribution in [2.45, 2.75) is 38.6 Å². The normalized spacial score (nSPS) is 18.9. The SMILES string of the molecule is CC[C@@]1(O)C(=O)OCc2c1cc1n(c2=O)Cc2c-1c(=O)c1cc(F)ccc1n2CCNC. The van der Waals surface area contributed by atoms with Crippen molar-refractivity contribution >= 4 is 16.9 Å². The molecule has 2 N–H and O–H groups in total. The summed E-state index contributed by atoms with van der Waals surface area (Å²) in [6.45, 7) is 2.65. The molecule has 1 atom stereocenters. The van der Waals surface area contributed by atoms with Crippen molar-refractivity contribution in [1.29, 1.82) is 0 Å². The van der Waals surface area contributed by atoms with E-state index in [-0.39, 0.29) is 47.1 Å². The second-order valence-corrected chi connectivity index (χ2v) is 8.17. The van der Waals surface area contributed by atoms with Crippen LogP contribution in [0.3, 0.4) is 0 Å². The molecule has 1 aromatic carbocycles. The van der Waals surface area contributed by atoms with Crippen LogP contribution in [-0.2, 0) is 34.8 Å². The predicted octanol–water partition coefficient (Wildman–Crippen LogP) is 1.20. The van der Waals surface area contributed by atoms with Gasteiger partial charge >= 0.3 is 5.97 Å². The summed E-state index contributed by atoms with van der Waals surface area (Å²) >= 11 is 0. The summed E-state index contributed by atoms with van der Waals surface area (Å²) in [5, 5.41) is 14.3. The fraction of sp³-hybridized carbons (Fsp3) is 0.348. The van der Waals surface area contributed by atoms with Gasteiger partial charge in [0.25, 0.3) is 5.56 Å². The van der Waals surface area contributed by atoms with Crippen LogP contribution in [0.4, 0.5) is 4.39 Å². The van der Waals surface area contributed by atoms with Gasteiger partial charge in [0, 0.05) is 24.0 Å². The fourth-order valence-electron chi connectivity index (χ4n) is 4.79. The summed E-state index contributed by atoms with van der Waals surface area (Å²) in [6, 6.07) is 5.62. The molecule has 0 saturated carbocycles. The fourth-order valence-corrected chi connectivity index (χ4v) is 4.79. The molecule has 9 heteroatoms. The first kappa shape index (κ1) is 20.6. The third kappa shape index (κ3) is 2.64. The molecule has 2 aliphatic rings. The number of nitrogens with one attached hydrogen (secondary N) is 1. The van der Waals surface area contributed by atoms with E-state index in [1.165, 1.54) is 16.7 Å². The highest BCUT2D eigenvalue weighted by molar-refractivity contribution is 5.87. The molecule has 2 aliphatic heterocycles. The van der Waals surface area contributed by atoms with Gasteiger partial charge in [0.2, 0.25) is 0 Å². The maximum atomic E-state index is 14.0. The predicted molar refractivity (Wildman–Crippen MR) is 115 cm³/mol. The molecule has 5 rings (SSSR count). The number of cyclic esters (lactones) is 1. The standard InChI is InChI=1S/C23H22FN3O5/c1-3-23(31)15-9-17-19-18(10-27(17)21(29)14(15)11-32-22(23)30)26(7-6-25-2)16-5-4-12(24)8-13(16)20(19)28/h4-5,8-9,25,31H,3,6-7,10-11H2,1-2H3/t23-/m0/s1. The molecule has 0 aliphatic carbocycles. The number of hydrogen-bond acceptors (Lipinski definition) is 6. The lowest BCUT2D eigenvalue weighted by molar-refractivity contribution is -0.172. The summed E-state index contributed by atoms with van der Waals surface area (Å²) in [5.74, 6) is -1.35. The van der Waals surface area contributed by atoms with Crippen LogP contribution in [-0.4, -0.2) is 33.8 Å². The molecule has 2 aromatic heterocycles. The van der Waals surface area contributed by atoms with Crippen LogP contribution in [0.2, 0.25) is 0 Å². The third-order valence-corrected chi connectivity index (χ3v) is 6.53. The van der Waals surface area contributed by atoms with E-state index in [2.05, 4.69) is 5.32 Å². The number of esters is 1. The lowest BCUT2D eigenvalue weighted by atomic mass is 9.86. The first-order valence-corrected chi connectivity index (χ1v) is 10.5. The van der Waals surface area contributed by atoms with Crippen molar-refractivity contribution in [2.24, 2.45) is 0 Å². The number of likely N-dealkylation sites (N-methyl/N-ethyl adjacent to an activating group) is 1. The summed E-state index contributed by atoms with van der Waals surface area (Å²) < 4.78 is 22.5. The zero-order chi connectivity index (χ0) is 22.8. The monoisotopic (exact) mass is 439 g/mol. The van der Waals surface area contributed by atoms with Gasteiger partial charge in [-0.1, -0.05) is 6.92 Å². The van der Waals surface area contributed by atoms with E-state index < -0.39 is 22.9 Å². The smallest absolute Gasteiger partial charge is 0.343 e. The lowest BCUT2D eigenvalue weighted by Gasteiger charge is -2.31. The minimum Gasteiger partial charge on any atom is -0.458 e. The van der Waals surface area contributed by atoms with Gasteiger partial charge < -0.3 is 24.3 Å². The molecule has 4 heterocycles.